The number of methoxy groups -OCH3 is 1. The molecule has 0 heterocycles. The van der Waals surface area contributed by atoms with Gasteiger partial charge in [0.15, 0.2) is 0 Å². The number of amides is 1. The van der Waals surface area contributed by atoms with E-state index in [4.69, 9.17) is 0 Å². The molecule has 4 heteroatoms. The molecule has 0 saturated heterocycles. The second-order valence-electron chi connectivity index (χ2n) is 3.99. The zero-order valence-corrected chi connectivity index (χ0v) is 11.3. The molecule has 1 rings (SSSR count). The van der Waals surface area contributed by atoms with Crippen molar-refractivity contribution in [2.24, 2.45) is 0 Å². The van der Waals surface area contributed by atoms with E-state index in [1.165, 1.54) is 13.2 Å². The second-order valence-corrected chi connectivity index (χ2v) is 3.99. The number of benzene rings is 1. The van der Waals surface area contributed by atoms with Crippen molar-refractivity contribution in [3.8, 4) is 0 Å². The van der Waals surface area contributed by atoms with E-state index in [1.54, 1.807) is 11.0 Å². The van der Waals surface area contributed by atoms with Crippen LogP contribution in [0.5, 0.6) is 0 Å². The zero-order chi connectivity index (χ0) is 14.1. The minimum atomic E-state index is -0.307. The van der Waals surface area contributed by atoms with Crippen LogP contribution in [0.2, 0.25) is 0 Å². The summed E-state index contributed by atoms with van der Waals surface area (Å²) in [4.78, 5) is 24.6. The van der Waals surface area contributed by atoms with Gasteiger partial charge in [-0.1, -0.05) is 30.3 Å². The van der Waals surface area contributed by atoms with Gasteiger partial charge in [-0.25, -0.2) is 0 Å². The molecule has 0 bridgehead atoms. The highest BCUT2D eigenvalue weighted by molar-refractivity contribution is 5.92. The van der Waals surface area contributed by atoms with Crippen molar-refractivity contribution in [3.63, 3.8) is 0 Å². The van der Waals surface area contributed by atoms with E-state index < -0.39 is 0 Å². The van der Waals surface area contributed by atoms with Crippen LogP contribution in [0, 0.1) is 0 Å². The quantitative estimate of drug-likeness (QED) is 0.582. The molecule has 0 atom stereocenters. The number of carbonyl (C=O) groups excluding carboxylic acids is 2. The SMILES string of the molecule is CCN(CCC(=O)OC)C(=O)/C=C/c1ccccc1. The third-order valence-electron chi connectivity index (χ3n) is 2.72. The third kappa shape index (κ3) is 5.38. The van der Waals surface area contributed by atoms with Crippen LogP contribution >= 0.6 is 0 Å². The lowest BCUT2D eigenvalue weighted by Gasteiger charge is -2.18. The van der Waals surface area contributed by atoms with Gasteiger partial charge in [0, 0.05) is 19.2 Å². The number of ether oxygens (including phenoxy) is 1. The number of esters is 1. The number of rotatable bonds is 6. The predicted octanol–water partition coefficient (Wildman–Crippen LogP) is 2.11. The summed E-state index contributed by atoms with van der Waals surface area (Å²) < 4.78 is 4.56. The van der Waals surface area contributed by atoms with Gasteiger partial charge in [-0.3, -0.25) is 9.59 Å². The molecule has 19 heavy (non-hydrogen) atoms. The maximum absolute atomic E-state index is 11.9. The fourth-order valence-corrected chi connectivity index (χ4v) is 1.59. The maximum Gasteiger partial charge on any atom is 0.307 e. The van der Waals surface area contributed by atoms with E-state index in [0.717, 1.165) is 5.56 Å². The van der Waals surface area contributed by atoms with Crippen molar-refractivity contribution >= 4 is 18.0 Å². The van der Waals surface area contributed by atoms with Gasteiger partial charge in [-0.2, -0.15) is 0 Å². The first kappa shape index (κ1) is 15.0. The Labute approximate surface area is 113 Å². The molecule has 4 nitrogen and oxygen atoms in total. The summed E-state index contributed by atoms with van der Waals surface area (Å²) in [6.45, 7) is 2.82. The fraction of sp³-hybridized carbons (Fsp3) is 0.333. The molecule has 0 radical (unpaired) electrons. The minimum Gasteiger partial charge on any atom is -0.469 e. The minimum absolute atomic E-state index is 0.102. The van der Waals surface area contributed by atoms with E-state index in [-0.39, 0.29) is 18.3 Å². The van der Waals surface area contributed by atoms with E-state index in [9.17, 15) is 9.59 Å². The third-order valence-corrected chi connectivity index (χ3v) is 2.72. The van der Waals surface area contributed by atoms with Gasteiger partial charge < -0.3 is 9.64 Å². The molecule has 0 spiro atoms. The summed E-state index contributed by atoms with van der Waals surface area (Å²) in [6.07, 6.45) is 3.51. The van der Waals surface area contributed by atoms with Crippen LogP contribution in [0.1, 0.15) is 18.9 Å². The summed E-state index contributed by atoms with van der Waals surface area (Å²) >= 11 is 0. The predicted molar refractivity (Wildman–Crippen MR) is 74.4 cm³/mol. The zero-order valence-electron chi connectivity index (χ0n) is 11.3. The molecule has 1 aromatic rings. The Kier molecular flexibility index (Phi) is 6.36. The van der Waals surface area contributed by atoms with Gasteiger partial charge in [-0.15, -0.1) is 0 Å². The van der Waals surface area contributed by atoms with Crippen LogP contribution in [0.25, 0.3) is 6.08 Å². The lowest BCUT2D eigenvalue weighted by Crippen LogP contribution is -2.31. The Bertz CT molecular complexity index is 440. The maximum atomic E-state index is 11.9. The first-order valence-corrected chi connectivity index (χ1v) is 6.26. The van der Waals surface area contributed by atoms with Crippen LogP contribution in [0.15, 0.2) is 36.4 Å². The van der Waals surface area contributed by atoms with Gasteiger partial charge in [0.2, 0.25) is 5.91 Å². The Hall–Kier alpha value is -2.10. The number of hydrogen-bond donors (Lipinski definition) is 0. The van der Waals surface area contributed by atoms with Crippen molar-refractivity contribution in [3.05, 3.63) is 42.0 Å². The first-order chi connectivity index (χ1) is 9.17. The van der Waals surface area contributed by atoms with E-state index >= 15 is 0 Å². The number of hydrogen-bond acceptors (Lipinski definition) is 3. The molecule has 1 amide bonds. The lowest BCUT2D eigenvalue weighted by molar-refractivity contribution is -0.141. The summed E-state index contributed by atoms with van der Waals surface area (Å²) in [5, 5.41) is 0. The van der Waals surface area contributed by atoms with Crippen LogP contribution in [0.3, 0.4) is 0 Å². The van der Waals surface area contributed by atoms with E-state index in [2.05, 4.69) is 4.74 Å². The average Bonchev–Trinajstić information content (AvgIpc) is 2.46. The van der Waals surface area contributed by atoms with Gasteiger partial charge in [-0.05, 0) is 18.6 Å². The largest absolute Gasteiger partial charge is 0.469 e. The molecular formula is C15H19NO3. The smallest absolute Gasteiger partial charge is 0.307 e. The summed E-state index contributed by atoms with van der Waals surface area (Å²) in [6, 6.07) is 9.61. The highest BCUT2D eigenvalue weighted by Crippen LogP contribution is 2.03. The molecule has 0 saturated carbocycles. The first-order valence-electron chi connectivity index (χ1n) is 6.26. The topological polar surface area (TPSA) is 46.6 Å². The number of carbonyl (C=O) groups is 2. The molecule has 0 unspecified atom stereocenters. The Balaban J connectivity index is 2.54. The van der Waals surface area contributed by atoms with Crippen molar-refractivity contribution in [1.82, 2.24) is 4.90 Å². The molecule has 1 aromatic carbocycles. The van der Waals surface area contributed by atoms with Crippen LogP contribution in [-0.2, 0) is 14.3 Å². The molecular weight excluding hydrogens is 242 g/mol. The lowest BCUT2D eigenvalue weighted by atomic mass is 10.2. The fourth-order valence-electron chi connectivity index (χ4n) is 1.59. The van der Waals surface area contributed by atoms with Crippen LogP contribution < -0.4 is 0 Å². The van der Waals surface area contributed by atoms with E-state index in [0.29, 0.717) is 13.1 Å². The average molecular weight is 261 g/mol. The van der Waals surface area contributed by atoms with Crippen LogP contribution in [-0.4, -0.2) is 37.0 Å². The highest BCUT2D eigenvalue weighted by Gasteiger charge is 2.10. The molecule has 0 fully saturated rings. The summed E-state index contributed by atoms with van der Waals surface area (Å²) in [5.41, 5.74) is 0.972. The molecule has 0 aliphatic heterocycles. The Morgan fingerprint density at radius 1 is 1.26 bits per heavy atom. The van der Waals surface area contributed by atoms with Crippen molar-refractivity contribution < 1.29 is 14.3 Å². The van der Waals surface area contributed by atoms with Crippen molar-refractivity contribution in [2.45, 2.75) is 13.3 Å². The molecule has 102 valence electrons. The van der Waals surface area contributed by atoms with Gasteiger partial charge in [0.1, 0.15) is 0 Å². The summed E-state index contributed by atoms with van der Waals surface area (Å²) in [7, 11) is 1.34. The monoisotopic (exact) mass is 261 g/mol. The van der Waals surface area contributed by atoms with Gasteiger partial charge >= 0.3 is 5.97 Å². The van der Waals surface area contributed by atoms with E-state index in [1.807, 2.05) is 37.3 Å². The second kappa shape index (κ2) is 8.08. The summed E-state index contributed by atoms with van der Waals surface area (Å²) in [5.74, 6) is -0.409. The van der Waals surface area contributed by atoms with Crippen molar-refractivity contribution in [2.75, 3.05) is 20.2 Å². The Morgan fingerprint density at radius 2 is 1.95 bits per heavy atom. The van der Waals surface area contributed by atoms with Crippen LogP contribution in [0.4, 0.5) is 0 Å². The van der Waals surface area contributed by atoms with Gasteiger partial charge in [0.25, 0.3) is 0 Å². The molecule has 0 aliphatic rings. The standard InChI is InChI=1S/C15H19NO3/c1-3-16(12-11-15(18)19-2)14(17)10-9-13-7-5-4-6-8-13/h4-10H,3,11-12H2,1-2H3/b10-9+. The number of nitrogens with zero attached hydrogens (tertiary/aromatic N) is 1. The van der Waals surface area contributed by atoms with Gasteiger partial charge in [0.05, 0.1) is 13.5 Å². The highest BCUT2D eigenvalue weighted by atomic mass is 16.5. The number of likely N-dealkylation sites (N-methyl/N-ethyl adjacent to an activating group) is 1. The normalized spacial score (nSPS) is 10.4. The molecule has 0 aliphatic carbocycles. The Morgan fingerprint density at radius 3 is 2.53 bits per heavy atom. The molecule has 0 N–H and O–H groups in total. The molecule has 0 aromatic heterocycles. The van der Waals surface area contributed by atoms with Crippen molar-refractivity contribution in [1.29, 1.82) is 0 Å².